The monoisotopic (exact) mass is 680 g/mol. The van der Waals surface area contributed by atoms with Crippen molar-refractivity contribution in [3.8, 4) is 0 Å². The molecule has 1 heterocycles. The molecule has 0 bridgehead atoms. The molecule has 1 aromatic heterocycles. The van der Waals surface area contributed by atoms with Crippen molar-refractivity contribution in [1.82, 2.24) is 15.2 Å². The Hall–Kier alpha value is -1.78. The van der Waals surface area contributed by atoms with E-state index in [0.717, 1.165) is 62.9 Å². The molecule has 8 nitrogen and oxygen atoms in total. The van der Waals surface area contributed by atoms with Gasteiger partial charge >= 0.3 is 0 Å². The number of aliphatic hydroxyl groups is 1. The summed E-state index contributed by atoms with van der Waals surface area (Å²) < 4.78 is 7.05. The number of carbonyl (C=O) groups is 2. The molecule has 0 aromatic carbocycles. The number of nitrogens with zero attached hydrogens (tertiary/aromatic N) is 2. The van der Waals surface area contributed by atoms with Gasteiger partial charge in [-0.25, -0.2) is 0 Å². The zero-order valence-corrected chi connectivity index (χ0v) is 30.6. The number of aromatic nitrogens is 1. The number of rotatable bonds is 15. The molecule has 1 aromatic rings. The lowest BCUT2D eigenvalue weighted by molar-refractivity contribution is -0.129. The first kappa shape index (κ1) is 37.7. The highest BCUT2D eigenvalue weighted by atomic mass is 35.5. The van der Waals surface area contributed by atoms with Gasteiger partial charge in [0, 0.05) is 48.4 Å². The minimum Gasteiger partial charge on any atom is -0.408 e. The van der Waals surface area contributed by atoms with Crippen LogP contribution in [-0.4, -0.2) is 65.9 Å². The second-order valence-electron chi connectivity index (χ2n) is 13.5. The molecule has 0 spiro atoms. The van der Waals surface area contributed by atoms with Gasteiger partial charge in [-0.15, -0.1) is 0 Å². The predicted octanol–water partition coefficient (Wildman–Crippen LogP) is 7.88. The first-order valence-electron chi connectivity index (χ1n) is 16.7. The van der Waals surface area contributed by atoms with E-state index in [-0.39, 0.29) is 36.1 Å². The maximum atomic E-state index is 14.5. The average Bonchev–Trinajstić information content (AvgIpc) is 3.00. The van der Waals surface area contributed by atoms with Gasteiger partial charge in [0.2, 0.25) is 0 Å². The van der Waals surface area contributed by atoms with Crippen molar-refractivity contribution in [2.75, 3.05) is 13.1 Å². The second-order valence-corrected chi connectivity index (χ2v) is 19.0. The molecule has 3 N–H and O–H groups in total. The molecule has 1 amide bonds. The Bertz CT molecular complexity index is 1180. The van der Waals surface area contributed by atoms with Crippen LogP contribution in [-0.2, 0) is 14.0 Å². The largest absolute Gasteiger partial charge is 0.408 e. The lowest BCUT2D eigenvalue weighted by Gasteiger charge is -2.39. The maximum absolute atomic E-state index is 14.5. The Morgan fingerprint density at radius 3 is 2.13 bits per heavy atom. The first-order valence-corrected chi connectivity index (χ1v) is 20.0. The third-order valence-corrected chi connectivity index (χ3v) is 15.6. The van der Waals surface area contributed by atoms with Crippen molar-refractivity contribution < 1.29 is 19.1 Å². The molecular formula is C34H54Cl2N4O4Si. The van der Waals surface area contributed by atoms with Gasteiger partial charge in [0.05, 0.1) is 33.9 Å². The van der Waals surface area contributed by atoms with Crippen molar-refractivity contribution in [2.45, 2.75) is 129 Å². The number of Topliss-reactive ketones (excluding diaryl/α,β-unsaturated/α-hetero) is 1. The van der Waals surface area contributed by atoms with E-state index in [1.807, 2.05) is 18.7 Å². The molecule has 1 unspecified atom stereocenters. The normalized spacial score (nSPS) is 25.2. The van der Waals surface area contributed by atoms with E-state index < -0.39 is 20.0 Å². The average molecular weight is 682 g/mol. The van der Waals surface area contributed by atoms with E-state index in [4.69, 9.17) is 33.0 Å². The molecule has 0 saturated heterocycles. The van der Waals surface area contributed by atoms with Crippen LogP contribution in [0.2, 0.25) is 28.2 Å². The van der Waals surface area contributed by atoms with Crippen LogP contribution in [0.5, 0.6) is 0 Å². The minimum atomic E-state index is -2.18. The summed E-state index contributed by atoms with van der Waals surface area (Å²) in [5, 5.41) is 23.2. The molecule has 2 aliphatic carbocycles. The lowest BCUT2D eigenvalue weighted by atomic mass is 9.79. The third-order valence-electron chi connectivity index (χ3n) is 10.4. The van der Waals surface area contributed by atoms with Crippen molar-refractivity contribution in [3.05, 3.63) is 39.3 Å². The number of carbonyl (C=O) groups excluding carboxylic acids is 2. The summed E-state index contributed by atoms with van der Waals surface area (Å²) in [6.07, 6.45) is 10.0. The Morgan fingerprint density at radius 1 is 1.09 bits per heavy atom. The van der Waals surface area contributed by atoms with Crippen LogP contribution < -0.4 is 5.32 Å². The van der Waals surface area contributed by atoms with E-state index >= 15 is 0 Å². The molecule has 0 radical (unpaired) electrons. The molecule has 11 heteroatoms. The second kappa shape index (κ2) is 16.9. The molecule has 2 fully saturated rings. The summed E-state index contributed by atoms with van der Waals surface area (Å²) >= 11 is 13.5. The molecule has 2 saturated carbocycles. The highest BCUT2D eigenvalue weighted by Crippen LogP contribution is 2.38. The van der Waals surface area contributed by atoms with Gasteiger partial charge in [0.25, 0.3) is 5.91 Å². The summed E-state index contributed by atoms with van der Waals surface area (Å²) in [5.74, 6) is 0.308. The molecule has 252 valence electrons. The maximum Gasteiger partial charge on any atom is 0.257 e. The quantitative estimate of drug-likeness (QED) is 0.0986. The van der Waals surface area contributed by atoms with E-state index in [0.29, 0.717) is 46.3 Å². The van der Waals surface area contributed by atoms with Crippen LogP contribution in [0.25, 0.3) is 0 Å². The van der Waals surface area contributed by atoms with Crippen molar-refractivity contribution in [1.29, 1.82) is 5.41 Å². The number of nitrogens with one attached hydrogen (secondary N) is 2. The van der Waals surface area contributed by atoms with Crippen LogP contribution in [0.15, 0.2) is 23.7 Å². The molecule has 45 heavy (non-hydrogen) atoms. The predicted molar refractivity (Wildman–Crippen MR) is 185 cm³/mol. The topological polar surface area (TPSA) is 116 Å². The Morgan fingerprint density at radius 2 is 1.64 bits per heavy atom. The number of amides is 1. The highest BCUT2D eigenvalue weighted by Gasteiger charge is 2.37. The summed E-state index contributed by atoms with van der Waals surface area (Å²) in [7, 11) is -2.18. The van der Waals surface area contributed by atoms with Gasteiger partial charge < -0.3 is 25.2 Å². The zero-order valence-electron chi connectivity index (χ0n) is 28.1. The summed E-state index contributed by atoms with van der Waals surface area (Å²) in [4.78, 5) is 32.3. The SMILES string of the molecule is CC[Si](CC)(CC)OC(CN(CC1CCC(C)(O)CC1)C(=O)/C(C=N)=C(\C)N[C@H]1CC[C@H](C(C)=O)CC1)c1c(Cl)cncc1Cl. The van der Waals surface area contributed by atoms with E-state index in [2.05, 4.69) is 31.1 Å². The fourth-order valence-electron chi connectivity index (χ4n) is 6.98. The van der Waals surface area contributed by atoms with Gasteiger partial charge in [0.1, 0.15) is 5.78 Å². The highest BCUT2D eigenvalue weighted by molar-refractivity contribution is 6.73. The Kier molecular flexibility index (Phi) is 14.1. The van der Waals surface area contributed by atoms with E-state index in [9.17, 15) is 14.7 Å². The fourth-order valence-corrected chi connectivity index (χ4v) is 10.4. The summed E-state index contributed by atoms with van der Waals surface area (Å²) in [5.41, 5.74) is 0.921. The summed E-state index contributed by atoms with van der Waals surface area (Å²) in [6.45, 7) is 12.6. The van der Waals surface area contributed by atoms with Crippen LogP contribution in [0.1, 0.15) is 105 Å². The number of ketones is 1. The number of hydrogen-bond donors (Lipinski definition) is 3. The lowest BCUT2D eigenvalue weighted by Crippen LogP contribution is -2.45. The van der Waals surface area contributed by atoms with Gasteiger partial charge in [-0.2, -0.15) is 0 Å². The molecule has 2 aliphatic rings. The van der Waals surface area contributed by atoms with Crippen molar-refractivity contribution in [3.63, 3.8) is 0 Å². The fraction of sp³-hybridized carbons (Fsp3) is 0.706. The number of hydrogen-bond acceptors (Lipinski definition) is 7. The molecular weight excluding hydrogens is 627 g/mol. The number of allylic oxidation sites excluding steroid dienone is 1. The Labute approximate surface area is 281 Å². The smallest absolute Gasteiger partial charge is 0.257 e. The van der Waals surface area contributed by atoms with Crippen LogP contribution >= 0.6 is 23.2 Å². The number of halogens is 2. The van der Waals surface area contributed by atoms with Gasteiger partial charge in [0.15, 0.2) is 8.32 Å². The van der Waals surface area contributed by atoms with Gasteiger partial charge in [-0.3, -0.25) is 14.6 Å². The van der Waals surface area contributed by atoms with E-state index in [1.54, 1.807) is 19.3 Å². The van der Waals surface area contributed by atoms with Crippen molar-refractivity contribution in [2.24, 2.45) is 11.8 Å². The van der Waals surface area contributed by atoms with Crippen LogP contribution in [0, 0.1) is 17.2 Å². The molecule has 1 atom stereocenters. The standard InChI is InChI=1S/C34H54Cl2N4O4Si/c1-7-45(8-2,9-3)44-31(32-29(35)19-38-20-30(32)36)22-40(21-25-14-16-34(6,43)17-15-25)33(42)28(18-37)23(4)39-27-12-10-26(11-13-27)24(5)41/h18-20,25-27,31,37,39,43H,7-17,21-22H2,1-6H3/b28-23+,37-18?/t25?,26-,27-,31?,34?. The van der Waals surface area contributed by atoms with E-state index in [1.165, 1.54) is 0 Å². The third kappa shape index (κ3) is 10.1. The Balaban J connectivity index is 1.98. The van der Waals surface area contributed by atoms with Crippen LogP contribution in [0.3, 0.4) is 0 Å². The van der Waals surface area contributed by atoms with Crippen molar-refractivity contribution >= 4 is 49.4 Å². The molecule has 3 rings (SSSR count). The summed E-state index contributed by atoms with van der Waals surface area (Å²) in [6, 6.07) is 2.91. The first-order chi connectivity index (χ1) is 21.3. The molecule has 0 aliphatic heterocycles. The van der Waals surface area contributed by atoms with Gasteiger partial charge in [-0.1, -0.05) is 44.0 Å². The minimum absolute atomic E-state index is 0.108. The van der Waals surface area contributed by atoms with Gasteiger partial charge in [-0.05, 0) is 96.2 Å². The number of pyridine rings is 1. The zero-order chi connectivity index (χ0) is 33.4. The van der Waals surface area contributed by atoms with Crippen LogP contribution in [0.4, 0.5) is 0 Å².